The highest BCUT2D eigenvalue weighted by molar-refractivity contribution is 5.77. The summed E-state index contributed by atoms with van der Waals surface area (Å²) in [5.41, 5.74) is 7.40. The molecule has 2 N–H and O–H groups in total. The number of aryl methyl sites for hydroxylation is 1. The van der Waals surface area contributed by atoms with Gasteiger partial charge in [0.2, 0.25) is 0 Å². The molecule has 6 heteroatoms. The van der Waals surface area contributed by atoms with Crippen molar-refractivity contribution in [1.82, 2.24) is 14.8 Å². The van der Waals surface area contributed by atoms with Crippen molar-refractivity contribution in [2.24, 2.45) is 12.0 Å². The standard InChI is InChI=1S/C14H15N5O/c1-19-9-10(7-18-19)13-6-11(4-5-16-13)20-12-2-3-14(15)17-8-12/h2-3,5-9,11H,4H2,1H3,(H2,15,17). The van der Waals surface area contributed by atoms with E-state index >= 15 is 0 Å². The van der Waals surface area contributed by atoms with E-state index in [1.165, 1.54) is 0 Å². The molecule has 0 saturated heterocycles. The van der Waals surface area contributed by atoms with Gasteiger partial charge in [0.15, 0.2) is 0 Å². The van der Waals surface area contributed by atoms with Gasteiger partial charge in [0.1, 0.15) is 17.7 Å². The highest BCUT2D eigenvalue weighted by atomic mass is 16.5. The molecular weight excluding hydrogens is 254 g/mol. The second-order valence-electron chi connectivity index (χ2n) is 4.58. The van der Waals surface area contributed by atoms with Gasteiger partial charge in [-0.3, -0.25) is 9.67 Å². The number of rotatable bonds is 3. The third-order valence-electron chi connectivity index (χ3n) is 2.96. The fourth-order valence-electron chi connectivity index (χ4n) is 1.98. The summed E-state index contributed by atoms with van der Waals surface area (Å²) in [6.45, 7) is 0. The highest BCUT2D eigenvalue weighted by Crippen LogP contribution is 2.22. The van der Waals surface area contributed by atoms with E-state index in [2.05, 4.69) is 15.1 Å². The molecule has 0 fully saturated rings. The number of nitrogen functional groups attached to an aromatic ring is 1. The number of anilines is 1. The van der Waals surface area contributed by atoms with E-state index in [-0.39, 0.29) is 6.10 Å². The summed E-state index contributed by atoms with van der Waals surface area (Å²) in [5.74, 6) is 1.18. The van der Waals surface area contributed by atoms with Crippen molar-refractivity contribution >= 4 is 17.7 Å². The summed E-state index contributed by atoms with van der Waals surface area (Å²) in [4.78, 5) is 8.40. The Hall–Kier alpha value is -2.63. The number of nitrogens with zero attached hydrogens (tertiary/aromatic N) is 4. The number of aliphatic imine (C=N–C) groups is 1. The fraction of sp³-hybridized carbons (Fsp3) is 0.214. The molecule has 20 heavy (non-hydrogen) atoms. The molecule has 1 unspecified atom stereocenters. The first kappa shape index (κ1) is 12.4. The first-order valence-electron chi connectivity index (χ1n) is 6.32. The van der Waals surface area contributed by atoms with Crippen LogP contribution in [0.1, 0.15) is 12.0 Å². The van der Waals surface area contributed by atoms with E-state index in [4.69, 9.17) is 10.5 Å². The first-order chi connectivity index (χ1) is 9.70. The quantitative estimate of drug-likeness (QED) is 0.919. The van der Waals surface area contributed by atoms with E-state index < -0.39 is 0 Å². The molecule has 1 aliphatic rings. The van der Waals surface area contributed by atoms with Gasteiger partial charge in [-0.2, -0.15) is 5.10 Å². The Balaban J connectivity index is 1.76. The lowest BCUT2D eigenvalue weighted by Gasteiger charge is -2.17. The van der Waals surface area contributed by atoms with Crippen molar-refractivity contribution in [3.63, 3.8) is 0 Å². The van der Waals surface area contributed by atoms with Crippen LogP contribution in [0.15, 0.2) is 41.8 Å². The van der Waals surface area contributed by atoms with Crippen LogP contribution in [0, 0.1) is 0 Å². The molecule has 2 aromatic rings. The summed E-state index contributed by atoms with van der Waals surface area (Å²) in [6.07, 6.45) is 9.86. The van der Waals surface area contributed by atoms with Crippen molar-refractivity contribution in [3.8, 4) is 5.75 Å². The molecule has 2 aromatic heterocycles. The maximum absolute atomic E-state index is 5.86. The summed E-state index contributed by atoms with van der Waals surface area (Å²) >= 11 is 0. The molecule has 0 amide bonds. The molecule has 1 atom stereocenters. The van der Waals surface area contributed by atoms with Crippen LogP contribution in [-0.2, 0) is 7.05 Å². The third-order valence-corrected chi connectivity index (χ3v) is 2.96. The van der Waals surface area contributed by atoms with Gasteiger partial charge in [0.05, 0.1) is 18.1 Å². The molecule has 0 spiro atoms. The molecule has 0 radical (unpaired) electrons. The Kier molecular flexibility index (Phi) is 3.20. The van der Waals surface area contributed by atoms with Crippen LogP contribution in [0.4, 0.5) is 5.82 Å². The van der Waals surface area contributed by atoms with Crippen LogP contribution in [0.5, 0.6) is 5.75 Å². The minimum Gasteiger partial charge on any atom is -0.484 e. The zero-order valence-electron chi connectivity index (χ0n) is 11.1. The van der Waals surface area contributed by atoms with Crippen LogP contribution in [0.25, 0.3) is 5.70 Å². The maximum atomic E-state index is 5.86. The van der Waals surface area contributed by atoms with Gasteiger partial charge in [0.25, 0.3) is 0 Å². The summed E-state index contributed by atoms with van der Waals surface area (Å²) < 4.78 is 7.61. The summed E-state index contributed by atoms with van der Waals surface area (Å²) in [7, 11) is 1.88. The number of pyridine rings is 1. The fourth-order valence-corrected chi connectivity index (χ4v) is 1.98. The molecule has 0 bridgehead atoms. The van der Waals surface area contributed by atoms with E-state index in [0.29, 0.717) is 11.6 Å². The third kappa shape index (κ3) is 2.69. The van der Waals surface area contributed by atoms with Crippen molar-refractivity contribution in [1.29, 1.82) is 0 Å². The molecule has 0 saturated carbocycles. The average Bonchev–Trinajstić information content (AvgIpc) is 2.89. The lowest BCUT2D eigenvalue weighted by atomic mass is 10.1. The zero-order valence-corrected chi connectivity index (χ0v) is 11.1. The van der Waals surface area contributed by atoms with Gasteiger partial charge in [-0.1, -0.05) is 0 Å². The molecular formula is C14H15N5O. The molecule has 3 rings (SSSR count). The Labute approximate surface area is 116 Å². The predicted octanol–water partition coefficient (Wildman–Crippen LogP) is 1.66. The number of aromatic nitrogens is 3. The van der Waals surface area contributed by atoms with Crippen molar-refractivity contribution < 1.29 is 4.74 Å². The SMILES string of the molecule is Cn1cc(C2=CC(Oc3ccc(N)nc3)CC=N2)cn1. The molecule has 3 heterocycles. The Bertz CT molecular complexity index is 656. The Morgan fingerprint density at radius 3 is 2.95 bits per heavy atom. The summed E-state index contributed by atoms with van der Waals surface area (Å²) in [6, 6.07) is 3.53. The van der Waals surface area contributed by atoms with Crippen molar-refractivity contribution in [2.75, 3.05) is 5.73 Å². The molecule has 1 aliphatic heterocycles. The van der Waals surface area contributed by atoms with Gasteiger partial charge >= 0.3 is 0 Å². The minimum atomic E-state index is -0.0619. The molecule has 102 valence electrons. The molecule has 0 aliphatic carbocycles. The van der Waals surface area contributed by atoms with Gasteiger partial charge < -0.3 is 10.5 Å². The van der Waals surface area contributed by atoms with Crippen LogP contribution in [0.2, 0.25) is 0 Å². The van der Waals surface area contributed by atoms with E-state index in [9.17, 15) is 0 Å². The Morgan fingerprint density at radius 1 is 1.35 bits per heavy atom. The lowest BCUT2D eigenvalue weighted by Crippen LogP contribution is -2.17. The monoisotopic (exact) mass is 269 g/mol. The number of nitrogens with two attached hydrogens (primary N) is 1. The smallest absolute Gasteiger partial charge is 0.138 e. The minimum absolute atomic E-state index is 0.0619. The van der Waals surface area contributed by atoms with E-state index in [1.807, 2.05) is 31.6 Å². The van der Waals surface area contributed by atoms with Crippen molar-refractivity contribution in [2.45, 2.75) is 12.5 Å². The second kappa shape index (κ2) is 5.16. The number of hydrogen-bond acceptors (Lipinski definition) is 5. The lowest BCUT2D eigenvalue weighted by molar-refractivity contribution is 0.257. The highest BCUT2D eigenvalue weighted by Gasteiger charge is 2.14. The number of hydrogen-bond donors (Lipinski definition) is 1. The second-order valence-corrected chi connectivity index (χ2v) is 4.58. The van der Waals surface area contributed by atoms with Crippen LogP contribution in [0.3, 0.4) is 0 Å². The van der Waals surface area contributed by atoms with Gasteiger partial charge in [-0.15, -0.1) is 0 Å². The maximum Gasteiger partial charge on any atom is 0.138 e. The van der Waals surface area contributed by atoms with E-state index in [0.717, 1.165) is 17.7 Å². The van der Waals surface area contributed by atoms with Crippen LogP contribution >= 0.6 is 0 Å². The first-order valence-corrected chi connectivity index (χ1v) is 6.32. The normalized spacial score (nSPS) is 17.9. The van der Waals surface area contributed by atoms with Gasteiger partial charge in [-0.05, 0) is 18.2 Å². The molecule has 6 nitrogen and oxygen atoms in total. The number of ether oxygens (including phenoxy) is 1. The average molecular weight is 269 g/mol. The van der Waals surface area contributed by atoms with Crippen molar-refractivity contribution in [3.05, 3.63) is 42.4 Å². The van der Waals surface area contributed by atoms with Crippen LogP contribution < -0.4 is 10.5 Å². The van der Waals surface area contributed by atoms with Gasteiger partial charge in [0, 0.05) is 31.4 Å². The topological polar surface area (TPSA) is 78.3 Å². The summed E-state index contributed by atoms with van der Waals surface area (Å²) in [5, 5.41) is 4.15. The predicted molar refractivity (Wildman–Crippen MR) is 77.4 cm³/mol. The van der Waals surface area contributed by atoms with Gasteiger partial charge in [-0.25, -0.2) is 4.98 Å². The molecule has 0 aromatic carbocycles. The van der Waals surface area contributed by atoms with E-state index in [1.54, 1.807) is 23.1 Å². The largest absolute Gasteiger partial charge is 0.484 e. The zero-order chi connectivity index (χ0) is 13.9. The van der Waals surface area contributed by atoms with Crippen LogP contribution in [-0.4, -0.2) is 27.1 Å². The Morgan fingerprint density at radius 2 is 2.25 bits per heavy atom.